The molecule has 0 aromatic heterocycles. The summed E-state index contributed by atoms with van der Waals surface area (Å²) in [5, 5.41) is 0.569. The van der Waals surface area contributed by atoms with Crippen LogP contribution in [0.25, 0.3) is 0 Å². The second-order valence-corrected chi connectivity index (χ2v) is 11.9. The average Bonchev–Trinajstić information content (AvgIpc) is 3.07. The van der Waals surface area contributed by atoms with E-state index in [1.165, 1.54) is 5.56 Å². The van der Waals surface area contributed by atoms with Crippen molar-refractivity contribution in [2.45, 2.75) is 22.9 Å². The van der Waals surface area contributed by atoms with E-state index in [-0.39, 0.29) is 18.4 Å². The number of halogens is 1. The van der Waals surface area contributed by atoms with Gasteiger partial charge in [0, 0.05) is 43.3 Å². The van der Waals surface area contributed by atoms with Crippen LogP contribution in [0.4, 0.5) is 5.69 Å². The van der Waals surface area contributed by atoms with E-state index in [0.29, 0.717) is 44.7 Å². The van der Waals surface area contributed by atoms with Crippen LogP contribution in [-0.2, 0) is 23.9 Å². The maximum Gasteiger partial charge on any atom is 0.259 e. The van der Waals surface area contributed by atoms with Crippen molar-refractivity contribution in [2.24, 2.45) is 0 Å². The highest BCUT2D eigenvalue weighted by atomic mass is 35.5. The summed E-state index contributed by atoms with van der Waals surface area (Å²) in [6.07, 6.45) is 0. The lowest BCUT2D eigenvalue weighted by Crippen LogP contribution is -2.48. The predicted octanol–water partition coefficient (Wildman–Crippen LogP) is 5.63. The fourth-order valence-electron chi connectivity index (χ4n) is 5.30. The third kappa shape index (κ3) is 5.32. The first-order chi connectivity index (χ1) is 19.5. The van der Waals surface area contributed by atoms with Crippen LogP contribution in [0.2, 0.25) is 5.02 Å². The fourth-order valence-corrected chi connectivity index (χ4v) is 6.86. The lowest BCUT2D eigenvalue weighted by molar-refractivity contribution is 0.0628. The van der Waals surface area contributed by atoms with Gasteiger partial charge >= 0.3 is 0 Å². The Morgan fingerprint density at radius 2 is 1.48 bits per heavy atom. The zero-order valence-electron chi connectivity index (χ0n) is 21.8. The van der Waals surface area contributed by atoms with Gasteiger partial charge in [0.25, 0.3) is 11.8 Å². The van der Waals surface area contributed by atoms with Crippen molar-refractivity contribution in [3.8, 4) is 0 Å². The monoisotopic (exact) mass is 569 g/mol. The van der Waals surface area contributed by atoms with Crippen molar-refractivity contribution >= 4 is 39.9 Å². The van der Waals surface area contributed by atoms with Gasteiger partial charge in [-0.05, 0) is 53.6 Å². The molecule has 4 aromatic carbocycles. The van der Waals surface area contributed by atoms with Gasteiger partial charge in [-0.2, -0.15) is 0 Å². The summed E-state index contributed by atoms with van der Waals surface area (Å²) in [6, 6.07) is 29.8. The number of fused-ring (bicyclic) bond motifs is 2. The van der Waals surface area contributed by atoms with Gasteiger partial charge in [0.1, 0.15) is 0 Å². The summed E-state index contributed by atoms with van der Waals surface area (Å²) < 4.78 is 13.7. The lowest BCUT2D eigenvalue weighted by atomic mass is 10.1. The molecule has 0 N–H and O–H groups in total. The normalized spacial score (nSPS) is 17.2. The van der Waals surface area contributed by atoms with E-state index in [0.717, 1.165) is 25.2 Å². The first-order valence-corrected chi connectivity index (χ1v) is 14.8. The molecule has 1 unspecified atom stereocenters. The Morgan fingerprint density at radius 3 is 2.25 bits per heavy atom. The molecular weight excluding hydrogens is 542 g/mol. The average molecular weight is 570 g/mol. The molecule has 0 spiro atoms. The molecule has 0 saturated carbocycles. The van der Waals surface area contributed by atoms with E-state index in [1.54, 1.807) is 53.4 Å². The topological polar surface area (TPSA) is 60.9 Å². The molecule has 2 heterocycles. The third-order valence-electron chi connectivity index (χ3n) is 7.40. The van der Waals surface area contributed by atoms with Gasteiger partial charge < -0.3 is 9.80 Å². The minimum Gasteiger partial charge on any atom is -0.336 e. The first-order valence-electron chi connectivity index (χ1n) is 13.2. The van der Waals surface area contributed by atoms with Crippen molar-refractivity contribution in [3.05, 3.63) is 124 Å². The Labute approximate surface area is 241 Å². The van der Waals surface area contributed by atoms with Crippen molar-refractivity contribution in [1.82, 2.24) is 9.80 Å². The molecule has 6 rings (SSSR count). The number of hydrogen-bond acceptors (Lipinski definition) is 4. The molecule has 0 bridgehead atoms. The number of benzene rings is 4. The highest BCUT2D eigenvalue weighted by Crippen LogP contribution is 2.36. The minimum absolute atomic E-state index is 0.0927. The van der Waals surface area contributed by atoms with Gasteiger partial charge in [-0.15, -0.1) is 0 Å². The number of rotatable bonds is 5. The van der Waals surface area contributed by atoms with Gasteiger partial charge in [-0.1, -0.05) is 66.2 Å². The summed E-state index contributed by atoms with van der Waals surface area (Å²) >= 11 is 6.24. The second-order valence-electron chi connectivity index (χ2n) is 10.0. The molecule has 0 radical (unpaired) electrons. The molecule has 2 aliphatic rings. The van der Waals surface area contributed by atoms with Crippen LogP contribution in [0.3, 0.4) is 0 Å². The highest BCUT2D eigenvalue weighted by Gasteiger charge is 2.32. The van der Waals surface area contributed by atoms with Crippen LogP contribution in [0.1, 0.15) is 31.8 Å². The molecule has 0 aliphatic carbocycles. The summed E-state index contributed by atoms with van der Waals surface area (Å²) in [5.41, 5.74) is 3.44. The summed E-state index contributed by atoms with van der Waals surface area (Å²) in [7, 11) is -1.58. The van der Waals surface area contributed by atoms with Crippen LogP contribution in [-0.4, -0.2) is 52.0 Å². The minimum atomic E-state index is -1.58. The van der Waals surface area contributed by atoms with Gasteiger partial charge in [0.15, 0.2) is 0 Å². The van der Waals surface area contributed by atoms with E-state index in [1.807, 2.05) is 41.3 Å². The van der Waals surface area contributed by atoms with E-state index in [9.17, 15) is 13.8 Å². The first kappa shape index (κ1) is 26.4. The molecule has 1 atom stereocenters. The SMILES string of the molecule is O=C(c1ccc2c(c1)N(Cc1cccc(Cl)c1)C(=O)c1ccccc1S2=O)N1CCN(Cc2ccccc2)CC1. The number of nitrogens with zero attached hydrogens (tertiary/aromatic N) is 3. The molecule has 40 heavy (non-hydrogen) atoms. The number of amides is 2. The Morgan fingerprint density at radius 1 is 0.750 bits per heavy atom. The van der Waals surface area contributed by atoms with Gasteiger partial charge in [0.05, 0.1) is 38.4 Å². The van der Waals surface area contributed by atoms with Crippen LogP contribution in [0, 0.1) is 0 Å². The highest BCUT2D eigenvalue weighted by molar-refractivity contribution is 7.85. The standard InChI is InChI=1S/C32H28ClN3O3S/c33-26-10-6-9-24(19-26)22-36-28-20-25(13-14-30(28)40(39)29-12-5-4-11-27(29)32(36)38)31(37)35-17-15-34(16-18-35)21-23-7-2-1-3-8-23/h1-14,19-20H,15-18,21-22H2. The Bertz CT molecular complexity index is 1600. The molecule has 8 heteroatoms. The molecule has 2 aliphatic heterocycles. The van der Waals surface area contributed by atoms with Crippen LogP contribution < -0.4 is 4.90 Å². The van der Waals surface area contributed by atoms with Crippen LogP contribution >= 0.6 is 11.6 Å². The molecule has 202 valence electrons. The summed E-state index contributed by atoms with van der Waals surface area (Å²) in [6.45, 7) is 3.88. The smallest absolute Gasteiger partial charge is 0.259 e. The zero-order valence-corrected chi connectivity index (χ0v) is 23.4. The van der Waals surface area contributed by atoms with Crippen LogP contribution in [0.15, 0.2) is 107 Å². The van der Waals surface area contributed by atoms with Gasteiger partial charge in [-0.25, -0.2) is 4.21 Å². The maximum absolute atomic E-state index is 13.9. The van der Waals surface area contributed by atoms with E-state index >= 15 is 0 Å². The number of hydrogen-bond donors (Lipinski definition) is 0. The molecule has 1 fully saturated rings. The van der Waals surface area contributed by atoms with Crippen molar-refractivity contribution in [2.75, 3.05) is 31.1 Å². The van der Waals surface area contributed by atoms with Crippen LogP contribution in [0.5, 0.6) is 0 Å². The molecule has 2 amide bonds. The number of carbonyl (C=O) groups is 2. The van der Waals surface area contributed by atoms with Crippen molar-refractivity contribution < 1.29 is 13.8 Å². The van der Waals surface area contributed by atoms with Gasteiger partial charge in [-0.3, -0.25) is 14.5 Å². The Kier molecular flexibility index (Phi) is 7.52. The zero-order chi connectivity index (χ0) is 27.6. The van der Waals surface area contributed by atoms with Crippen molar-refractivity contribution in [1.29, 1.82) is 0 Å². The second kappa shape index (κ2) is 11.4. The summed E-state index contributed by atoms with van der Waals surface area (Å²) in [5.74, 6) is -0.355. The predicted molar refractivity (Wildman–Crippen MR) is 157 cm³/mol. The van der Waals surface area contributed by atoms with Gasteiger partial charge in [0.2, 0.25) is 0 Å². The molecule has 6 nitrogen and oxygen atoms in total. The van der Waals surface area contributed by atoms with E-state index in [4.69, 9.17) is 11.6 Å². The summed E-state index contributed by atoms with van der Waals surface area (Å²) in [4.78, 5) is 34.3. The fraction of sp³-hybridized carbons (Fsp3) is 0.188. The maximum atomic E-state index is 13.9. The Balaban J connectivity index is 1.29. The number of carbonyl (C=O) groups excluding carboxylic acids is 2. The lowest BCUT2D eigenvalue weighted by Gasteiger charge is -2.35. The number of anilines is 1. The van der Waals surface area contributed by atoms with E-state index in [2.05, 4.69) is 17.0 Å². The number of piperazine rings is 1. The molecule has 1 saturated heterocycles. The quantitative estimate of drug-likeness (QED) is 0.313. The largest absolute Gasteiger partial charge is 0.336 e. The third-order valence-corrected chi connectivity index (χ3v) is 9.13. The Hall–Kier alpha value is -3.78. The van der Waals surface area contributed by atoms with E-state index < -0.39 is 10.8 Å². The van der Waals surface area contributed by atoms with Crippen molar-refractivity contribution in [3.63, 3.8) is 0 Å². The molecule has 4 aromatic rings. The molecular formula is C32H28ClN3O3S.